The minimum Gasteiger partial charge on any atom is -0.497 e. The summed E-state index contributed by atoms with van der Waals surface area (Å²) in [5.41, 5.74) is 7.22. The smallest absolute Gasteiger partial charge is 0.191 e. The number of ether oxygens (including phenoxy) is 2. The average molecular weight is 305 g/mol. The third kappa shape index (κ3) is 4.55. The highest BCUT2D eigenvalue weighted by molar-refractivity contribution is 5.78. The Labute approximate surface area is 133 Å². The van der Waals surface area contributed by atoms with Crippen LogP contribution in [0.15, 0.2) is 23.2 Å². The Balaban J connectivity index is 1.95. The molecule has 0 saturated carbocycles. The van der Waals surface area contributed by atoms with Gasteiger partial charge in [0.2, 0.25) is 0 Å². The monoisotopic (exact) mass is 305 g/mol. The fraction of sp³-hybridized carbons (Fsp3) is 0.588. The van der Waals surface area contributed by atoms with Gasteiger partial charge in [0, 0.05) is 19.6 Å². The van der Waals surface area contributed by atoms with E-state index in [1.54, 1.807) is 14.2 Å². The molecular weight excluding hydrogens is 278 g/mol. The topological polar surface area (TPSA) is 60.1 Å². The first-order valence-corrected chi connectivity index (χ1v) is 8.00. The SMILES string of the molecule is COc1ccc(OC)c(CCN=C(N)N2CCCCCC2)c1. The van der Waals surface area contributed by atoms with Crippen molar-refractivity contribution in [3.8, 4) is 11.5 Å². The van der Waals surface area contributed by atoms with Crippen molar-refractivity contribution in [3.63, 3.8) is 0 Å². The summed E-state index contributed by atoms with van der Waals surface area (Å²) < 4.78 is 10.7. The summed E-state index contributed by atoms with van der Waals surface area (Å²) in [6.07, 6.45) is 5.80. The van der Waals surface area contributed by atoms with Gasteiger partial charge in [-0.15, -0.1) is 0 Å². The summed E-state index contributed by atoms with van der Waals surface area (Å²) >= 11 is 0. The first-order valence-electron chi connectivity index (χ1n) is 8.00. The second kappa shape index (κ2) is 8.51. The Morgan fingerprint density at radius 2 is 1.86 bits per heavy atom. The zero-order valence-corrected chi connectivity index (χ0v) is 13.7. The van der Waals surface area contributed by atoms with E-state index in [1.165, 1.54) is 25.7 Å². The highest BCUT2D eigenvalue weighted by Crippen LogP contribution is 2.24. The number of nitrogens with two attached hydrogens (primary N) is 1. The molecule has 0 aromatic heterocycles. The summed E-state index contributed by atoms with van der Waals surface area (Å²) in [6.45, 7) is 2.71. The van der Waals surface area contributed by atoms with Crippen LogP contribution in [-0.4, -0.2) is 44.7 Å². The van der Waals surface area contributed by atoms with Gasteiger partial charge in [-0.1, -0.05) is 12.8 Å². The van der Waals surface area contributed by atoms with Crippen molar-refractivity contribution in [3.05, 3.63) is 23.8 Å². The zero-order valence-electron chi connectivity index (χ0n) is 13.7. The summed E-state index contributed by atoms with van der Waals surface area (Å²) in [7, 11) is 3.35. The number of hydrogen-bond donors (Lipinski definition) is 1. The van der Waals surface area contributed by atoms with Crippen molar-refractivity contribution < 1.29 is 9.47 Å². The van der Waals surface area contributed by atoms with Crippen molar-refractivity contribution in [2.75, 3.05) is 33.9 Å². The maximum absolute atomic E-state index is 6.13. The molecule has 0 radical (unpaired) electrons. The lowest BCUT2D eigenvalue weighted by atomic mass is 10.1. The number of likely N-dealkylation sites (tertiary alicyclic amines) is 1. The van der Waals surface area contributed by atoms with E-state index in [0.717, 1.165) is 36.6 Å². The van der Waals surface area contributed by atoms with E-state index in [2.05, 4.69) is 9.89 Å². The van der Waals surface area contributed by atoms with Crippen molar-refractivity contribution in [1.29, 1.82) is 0 Å². The van der Waals surface area contributed by atoms with Crippen molar-refractivity contribution in [2.45, 2.75) is 32.1 Å². The molecule has 5 heteroatoms. The lowest BCUT2D eigenvalue weighted by Gasteiger charge is -2.21. The molecule has 2 N–H and O–H groups in total. The van der Waals surface area contributed by atoms with Crippen LogP contribution in [0.2, 0.25) is 0 Å². The molecule has 0 aliphatic carbocycles. The Kier molecular flexibility index (Phi) is 6.37. The number of rotatable bonds is 5. The Morgan fingerprint density at radius 3 is 2.50 bits per heavy atom. The molecule has 1 aromatic carbocycles. The highest BCUT2D eigenvalue weighted by Gasteiger charge is 2.11. The Bertz CT molecular complexity index is 495. The molecule has 1 aliphatic heterocycles. The molecule has 2 rings (SSSR count). The van der Waals surface area contributed by atoms with Gasteiger partial charge in [0.15, 0.2) is 5.96 Å². The van der Waals surface area contributed by atoms with Gasteiger partial charge in [-0.3, -0.25) is 4.99 Å². The van der Waals surface area contributed by atoms with E-state index in [9.17, 15) is 0 Å². The molecule has 0 amide bonds. The van der Waals surface area contributed by atoms with Crippen molar-refractivity contribution in [1.82, 2.24) is 4.90 Å². The van der Waals surface area contributed by atoms with Gasteiger partial charge in [0.05, 0.1) is 14.2 Å². The average Bonchev–Trinajstić information content (AvgIpc) is 2.84. The molecule has 1 aliphatic rings. The molecule has 1 aromatic rings. The molecule has 0 bridgehead atoms. The van der Waals surface area contributed by atoms with Crippen LogP contribution < -0.4 is 15.2 Å². The summed E-state index contributed by atoms with van der Waals surface area (Å²) in [5.74, 6) is 2.37. The fourth-order valence-corrected chi connectivity index (χ4v) is 2.77. The van der Waals surface area contributed by atoms with Crippen molar-refractivity contribution in [2.24, 2.45) is 10.7 Å². The van der Waals surface area contributed by atoms with Gasteiger partial charge in [-0.2, -0.15) is 0 Å². The van der Waals surface area contributed by atoms with Crippen LogP contribution >= 0.6 is 0 Å². The summed E-state index contributed by atoms with van der Waals surface area (Å²) in [4.78, 5) is 6.74. The molecule has 1 saturated heterocycles. The molecule has 122 valence electrons. The lowest BCUT2D eigenvalue weighted by molar-refractivity contribution is 0.398. The van der Waals surface area contributed by atoms with Crippen LogP contribution in [0.1, 0.15) is 31.2 Å². The molecule has 22 heavy (non-hydrogen) atoms. The summed E-state index contributed by atoms with van der Waals surface area (Å²) in [6, 6.07) is 5.82. The molecule has 0 atom stereocenters. The lowest BCUT2D eigenvalue weighted by Crippen LogP contribution is -2.38. The van der Waals surface area contributed by atoms with Gasteiger partial charge in [-0.25, -0.2) is 0 Å². The number of benzene rings is 1. The van der Waals surface area contributed by atoms with Crippen molar-refractivity contribution >= 4 is 5.96 Å². The molecule has 0 spiro atoms. The van der Waals surface area contributed by atoms with Crippen LogP contribution in [0.3, 0.4) is 0 Å². The second-order valence-electron chi connectivity index (χ2n) is 5.57. The first kappa shape index (κ1) is 16.5. The third-order valence-electron chi connectivity index (χ3n) is 4.07. The van der Waals surface area contributed by atoms with Crippen LogP contribution in [0, 0.1) is 0 Å². The van der Waals surface area contributed by atoms with E-state index < -0.39 is 0 Å². The largest absolute Gasteiger partial charge is 0.497 e. The van der Waals surface area contributed by atoms with E-state index in [4.69, 9.17) is 15.2 Å². The first-order chi connectivity index (χ1) is 10.7. The number of guanidine groups is 1. The Morgan fingerprint density at radius 1 is 1.14 bits per heavy atom. The van der Waals surface area contributed by atoms with E-state index in [1.807, 2.05) is 18.2 Å². The number of hydrogen-bond acceptors (Lipinski definition) is 3. The predicted molar refractivity (Wildman–Crippen MR) is 89.8 cm³/mol. The van der Waals surface area contributed by atoms with Crippen LogP contribution in [0.25, 0.3) is 0 Å². The number of methoxy groups -OCH3 is 2. The normalized spacial score (nSPS) is 16.3. The quantitative estimate of drug-likeness (QED) is 0.670. The van der Waals surface area contributed by atoms with Gasteiger partial charge in [0.25, 0.3) is 0 Å². The standard InChI is InChI=1S/C17H27N3O2/c1-21-15-7-8-16(22-2)14(13-15)9-10-19-17(18)20-11-5-3-4-6-12-20/h7-8,13H,3-6,9-12H2,1-2H3,(H2,18,19). The minimum atomic E-state index is 0.659. The summed E-state index contributed by atoms with van der Waals surface area (Å²) in [5, 5.41) is 0. The zero-order chi connectivity index (χ0) is 15.8. The Hall–Kier alpha value is -1.91. The third-order valence-corrected chi connectivity index (χ3v) is 4.07. The molecule has 0 unspecified atom stereocenters. The van der Waals surface area contributed by atoms with E-state index >= 15 is 0 Å². The number of aliphatic imine (C=N–C) groups is 1. The van der Waals surface area contributed by atoms with Crippen LogP contribution in [0.5, 0.6) is 11.5 Å². The predicted octanol–water partition coefficient (Wildman–Crippen LogP) is 2.44. The highest BCUT2D eigenvalue weighted by atomic mass is 16.5. The second-order valence-corrected chi connectivity index (χ2v) is 5.57. The van der Waals surface area contributed by atoms with Gasteiger partial charge in [0.1, 0.15) is 11.5 Å². The van der Waals surface area contributed by atoms with Gasteiger partial charge < -0.3 is 20.1 Å². The molecule has 5 nitrogen and oxygen atoms in total. The maximum Gasteiger partial charge on any atom is 0.191 e. The molecular formula is C17H27N3O2. The maximum atomic E-state index is 6.13. The van der Waals surface area contributed by atoms with Gasteiger partial charge >= 0.3 is 0 Å². The number of nitrogens with zero attached hydrogens (tertiary/aromatic N) is 2. The van der Waals surface area contributed by atoms with E-state index in [-0.39, 0.29) is 0 Å². The fourth-order valence-electron chi connectivity index (χ4n) is 2.77. The molecule has 1 fully saturated rings. The van der Waals surface area contributed by atoms with Gasteiger partial charge in [-0.05, 0) is 43.0 Å². The van der Waals surface area contributed by atoms with E-state index in [0.29, 0.717) is 12.5 Å². The van der Waals surface area contributed by atoms with Crippen LogP contribution in [0.4, 0.5) is 0 Å². The van der Waals surface area contributed by atoms with Crippen LogP contribution in [-0.2, 0) is 6.42 Å². The minimum absolute atomic E-state index is 0.659. The molecule has 1 heterocycles.